The SMILES string of the molecule is N=C(N=NN)c1ccc2c(c1)c1ccccc1n2Cc1cccc2ccccc12. The van der Waals surface area contributed by atoms with Gasteiger partial charge in [-0.3, -0.25) is 5.41 Å². The molecule has 0 aliphatic heterocycles. The van der Waals surface area contributed by atoms with E-state index < -0.39 is 0 Å². The van der Waals surface area contributed by atoms with Crippen LogP contribution in [0.4, 0.5) is 0 Å². The summed E-state index contributed by atoms with van der Waals surface area (Å²) >= 11 is 0. The first-order chi connectivity index (χ1) is 14.3. The zero-order valence-electron chi connectivity index (χ0n) is 15.7. The van der Waals surface area contributed by atoms with Crippen molar-refractivity contribution in [1.82, 2.24) is 4.57 Å². The highest BCUT2D eigenvalue weighted by Gasteiger charge is 2.13. The van der Waals surface area contributed by atoms with Crippen LogP contribution in [0.15, 0.2) is 95.3 Å². The Labute approximate surface area is 167 Å². The van der Waals surface area contributed by atoms with Crippen LogP contribution in [0.3, 0.4) is 0 Å². The van der Waals surface area contributed by atoms with Crippen LogP contribution in [0.25, 0.3) is 32.6 Å². The van der Waals surface area contributed by atoms with Crippen molar-refractivity contribution in [2.45, 2.75) is 6.54 Å². The molecule has 0 spiro atoms. The fraction of sp³-hybridized carbons (Fsp3) is 0.0417. The third-order valence-corrected chi connectivity index (χ3v) is 5.41. The third kappa shape index (κ3) is 2.84. The maximum Gasteiger partial charge on any atom is 0.176 e. The van der Waals surface area contributed by atoms with Crippen molar-refractivity contribution in [3.63, 3.8) is 0 Å². The minimum Gasteiger partial charge on any atom is -0.336 e. The van der Waals surface area contributed by atoms with Crippen LogP contribution in [-0.4, -0.2) is 10.4 Å². The van der Waals surface area contributed by atoms with Gasteiger partial charge in [-0.25, -0.2) is 0 Å². The Kier molecular flexibility index (Phi) is 4.06. The lowest BCUT2D eigenvalue weighted by Crippen LogP contribution is -2.00. The minimum absolute atomic E-state index is 0.0558. The van der Waals surface area contributed by atoms with Crippen LogP contribution in [0.1, 0.15) is 11.1 Å². The largest absolute Gasteiger partial charge is 0.336 e. The van der Waals surface area contributed by atoms with Crippen molar-refractivity contribution in [1.29, 1.82) is 5.41 Å². The predicted octanol–water partition coefficient (Wildman–Crippen LogP) is 5.65. The molecule has 5 aromatic rings. The monoisotopic (exact) mass is 377 g/mol. The van der Waals surface area contributed by atoms with Gasteiger partial charge in [-0.15, -0.1) is 5.11 Å². The van der Waals surface area contributed by atoms with E-state index in [0.717, 1.165) is 22.8 Å². The Morgan fingerprint density at radius 1 is 0.793 bits per heavy atom. The standard InChI is InChI=1S/C24H19N5/c25-24(27-28-26)17-12-13-23-21(14-17)20-10-3-4-11-22(20)29(23)15-18-8-5-7-16-6-1-2-9-19(16)18/h1-14H,15H2,(H3,25,26,27). The Balaban J connectivity index is 1.73. The summed E-state index contributed by atoms with van der Waals surface area (Å²) in [5.41, 5.74) is 4.26. The molecule has 5 rings (SSSR count). The number of aromatic nitrogens is 1. The van der Waals surface area contributed by atoms with Gasteiger partial charge in [0.25, 0.3) is 0 Å². The average Bonchev–Trinajstić information content (AvgIpc) is 3.07. The van der Waals surface area contributed by atoms with E-state index in [2.05, 4.69) is 81.6 Å². The molecule has 0 saturated carbocycles. The molecular formula is C24H19N5. The summed E-state index contributed by atoms with van der Waals surface area (Å²) in [6.45, 7) is 0.769. The molecule has 0 saturated heterocycles. The van der Waals surface area contributed by atoms with Crippen LogP contribution in [0.5, 0.6) is 0 Å². The van der Waals surface area contributed by atoms with Crippen molar-refractivity contribution < 1.29 is 0 Å². The second-order valence-electron chi connectivity index (χ2n) is 7.04. The van der Waals surface area contributed by atoms with Crippen molar-refractivity contribution in [2.24, 2.45) is 16.2 Å². The Bertz CT molecular complexity index is 1410. The second-order valence-corrected chi connectivity index (χ2v) is 7.04. The van der Waals surface area contributed by atoms with Crippen LogP contribution in [0, 0.1) is 5.41 Å². The number of fused-ring (bicyclic) bond motifs is 4. The molecule has 1 heterocycles. The lowest BCUT2D eigenvalue weighted by Gasteiger charge is -2.11. The molecule has 4 aromatic carbocycles. The molecule has 5 nitrogen and oxygen atoms in total. The van der Waals surface area contributed by atoms with E-state index in [1.165, 1.54) is 21.9 Å². The van der Waals surface area contributed by atoms with Gasteiger partial charge in [0, 0.05) is 33.9 Å². The third-order valence-electron chi connectivity index (χ3n) is 5.41. The van der Waals surface area contributed by atoms with E-state index in [-0.39, 0.29) is 5.84 Å². The highest BCUT2D eigenvalue weighted by Crippen LogP contribution is 2.31. The minimum atomic E-state index is 0.0558. The number of hydrogen-bond acceptors (Lipinski definition) is 2. The first kappa shape index (κ1) is 17.1. The molecule has 0 amide bonds. The number of para-hydroxylation sites is 1. The molecule has 0 aliphatic carbocycles. The van der Waals surface area contributed by atoms with Gasteiger partial charge in [0.05, 0.1) is 0 Å². The van der Waals surface area contributed by atoms with Gasteiger partial charge in [-0.05, 0) is 40.6 Å². The smallest absolute Gasteiger partial charge is 0.176 e. The fourth-order valence-corrected chi connectivity index (χ4v) is 4.09. The molecular weight excluding hydrogens is 358 g/mol. The Morgan fingerprint density at radius 3 is 2.38 bits per heavy atom. The van der Waals surface area contributed by atoms with Crippen molar-refractivity contribution in [3.05, 3.63) is 96.1 Å². The summed E-state index contributed by atoms with van der Waals surface area (Å²) in [5, 5.41) is 19.7. The van der Waals surface area contributed by atoms with Gasteiger partial charge in [-0.2, -0.15) is 0 Å². The van der Waals surface area contributed by atoms with Gasteiger partial charge in [0.15, 0.2) is 5.84 Å². The summed E-state index contributed by atoms with van der Waals surface area (Å²) in [4.78, 5) is 0. The fourth-order valence-electron chi connectivity index (χ4n) is 4.09. The van der Waals surface area contributed by atoms with Crippen LogP contribution in [-0.2, 0) is 6.54 Å². The molecule has 0 unspecified atom stereocenters. The van der Waals surface area contributed by atoms with E-state index in [9.17, 15) is 0 Å². The molecule has 0 radical (unpaired) electrons. The Hall–Kier alpha value is -3.99. The van der Waals surface area contributed by atoms with E-state index in [1.807, 2.05) is 18.2 Å². The van der Waals surface area contributed by atoms with Gasteiger partial charge in [-0.1, -0.05) is 65.9 Å². The highest BCUT2D eigenvalue weighted by atomic mass is 15.3. The first-order valence-corrected chi connectivity index (χ1v) is 9.44. The molecule has 0 bridgehead atoms. The average molecular weight is 377 g/mol. The number of benzene rings is 4. The second kappa shape index (κ2) is 6.87. The zero-order chi connectivity index (χ0) is 19.8. The summed E-state index contributed by atoms with van der Waals surface area (Å²) < 4.78 is 2.34. The van der Waals surface area contributed by atoms with Gasteiger partial charge >= 0.3 is 0 Å². The van der Waals surface area contributed by atoms with Gasteiger partial charge in [0.2, 0.25) is 0 Å². The lowest BCUT2D eigenvalue weighted by atomic mass is 10.0. The summed E-state index contributed by atoms with van der Waals surface area (Å²) in [6.07, 6.45) is 0. The van der Waals surface area contributed by atoms with E-state index in [0.29, 0.717) is 5.56 Å². The van der Waals surface area contributed by atoms with E-state index in [4.69, 9.17) is 11.3 Å². The normalized spacial score (nSPS) is 11.7. The molecule has 1 aromatic heterocycles. The number of amidine groups is 1. The Morgan fingerprint density at radius 2 is 1.52 bits per heavy atom. The van der Waals surface area contributed by atoms with Gasteiger partial charge < -0.3 is 10.4 Å². The molecule has 0 aliphatic rings. The summed E-state index contributed by atoms with van der Waals surface area (Å²) in [6, 6.07) is 29.2. The van der Waals surface area contributed by atoms with E-state index in [1.54, 1.807) is 0 Å². The zero-order valence-corrected chi connectivity index (χ0v) is 15.7. The predicted molar refractivity (Wildman–Crippen MR) is 118 cm³/mol. The van der Waals surface area contributed by atoms with E-state index >= 15 is 0 Å². The first-order valence-electron chi connectivity index (χ1n) is 9.44. The number of nitrogens with zero attached hydrogens (tertiary/aromatic N) is 3. The molecule has 5 heteroatoms. The van der Waals surface area contributed by atoms with Gasteiger partial charge in [0.1, 0.15) is 0 Å². The molecule has 3 N–H and O–H groups in total. The maximum atomic E-state index is 8.04. The molecule has 0 fully saturated rings. The number of nitrogens with two attached hydrogens (primary N) is 1. The summed E-state index contributed by atoms with van der Waals surface area (Å²) in [5.74, 6) is 5.17. The van der Waals surface area contributed by atoms with Crippen molar-refractivity contribution in [2.75, 3.05) is 0 Å². The van der Waals surface area contributed by atoms with Crippen molar-refractivity contribution >= 4 is 38.4 Å². The van der Waals surface area contributed by atoms with Crippen molar-refractivity contribution in [3.8, 4) is 0 Å². The number of nitrogens with one attached hydrogen (secondary N) is 1. The number of rotatable bonds is 3. The highest BCUT2D eigenvalue weighted by molar-refractivity contribution is 6.11. The van der Waals surface area contributed by atoms with Crippen LogP contribution in [0.2, 0.25) is 0 Å². The summed E-state index contributed by atoms with van der Waals surface area (Å²) in [7, 11) is 0. The van der Waals surface area contributed by atoms with Crippen LogP contribution < -0.4 is 5.84 Å². The number of hydrogen-bond donors (Lipinski definition) is 2. The van der Waals surface area contributed by atoms with Crippen LogP contribution >= 0.6 is 0 Å². The topological polar surface area (TPSA) is 79.5 Å². The molecule has 0 atom stereocenters. The maximum absolute atomic E-state index is 8.04. The lowest BCUT2D eigenvalue weighted by molar-refractivity contribution is 0.876. The quantitative estimate of drug-likeness (QED) is 0.138. The molecule has 140 valence electrons. The molecule has 29 heavy (non-hydrogen) atoms.